The summed E-state index contributed by atoms with van der Waals surface area (Å²) in [6, 6.07) is 3.47. The zero-order valence-electron chi connectivity index (χ0n) is 11.5. The standard InChI is InChI=1S/C14H19N3O/c1-7-14(5,6)15-12(18)10-8-9-11(17-16-10)13(2,3)4/h1,8-9H,2-6H3,(H,15,18). The summed E-state index contributed by atoms with van der Waals surface area (Å²) >= 11 is 0. The number of amides is 1. The molecule has 0 atom stereocenters. The van der Waals surface area contributed by atoms with Crippen molar-refractivity contribution in [2.24, 2.45) is 0 Å². The van der Waals surface area contributed by atoms with E-state index in [4.69, 9.17) is 6.42 Å². The Kier molecular flexibility index (Phi) is 3.76. The van der Waals surface area contributed by atoms with Crippen molar-refractivity contribution in [2.75, 3.05) is 0 Å². The van der Waals surface area contributed by atoms with Crippen LogP contribution in [0.25, 0.3) is 0 Å². The van der Waals surface area contributed by atoms with Crippen LogP contribution < -0.4 is 5.32 Å². The molecular weight excluding hydrogens is 226 g/mol. The lowest BCUT2D eigenvalue weighted by Crippen LogP contribution is -2.42. The zero-order chi connectivity index (χ0) is 14.0. The molecule has 0 bridgehead atoms. The summed E-state index contributed by atoms with van der Waals surface area (Å²) in [6.07, 6.45) is 5.31. The first-order valence-electron chi connectivity index (χ1n) is 5.80. The van der Waals surface area contributed by atoms with Crippen LogP contribution in [0.15, 0.2) is 12.1 Å². The van der Waals surface area contributed by atoms with E-state index in [-0.39, 0.29) is 17.0 Å². The molecule has 0 fully saturated rings. The van der Waals surface area contributed by atoms with Gasteiger partial charge in [0.2, 0.25) is 0 Å². The van der Waals surface area contributed by atoms with E-state index in [9.17, 15) is 4.79 Å². The third-order valence-corrected chi connectivity index (χ3v) is 2.45. The molecule has 96 valence electrons. The van der Waals surface area contributed by atoms with E-state index < -0.39 is 5.54 Å². The highest BCUT2D eigenvalue weighted by Crippen LogP contribution is 2.18. The van der Waals surface area contributed by atoms with Gasteiger partial charge in [-0.25, -0.2) is 0 Å². The van der Waals surface area contributed by atoms with Crippen molar-refractivity contribution in [3.8, 4) is 12.3 Å². The largest absolute Gasteiger partial charge is 0.335 e. The van der Waals surface area contributed by atoms with Gasteiger partial charge in [0.1, 0.15) is 0 Å². The maximum absolute atomic E-state index is 11.9. The Balaban J connectivity index is 2.87. The summed E-state index contributed by atoms with van der Waals surface area (Å²) in [5.41, 5.74) is 0.336. The van der Waals surface area contributed by atoms with Crippen LogP contribution in [0.5, 0.6) is 0 Å². The Bertz CT molecular complexity index is 475. The molecule has 1 amide bonds. The zero-order valence-corrected chi connectivity index (χ0v) is 11.5. The van der Waals surface area contributed by atoms with E-state index >= 15 is 0 Å². The molecule has 1 heterocycles. The highest BCUT2D eigenvalue weighted by atomic mass is 16.2. The smallest absolute Gasteiger partial charge is 0.272 e. The summed E-state index contributed by atoms with van der Waals surface area (Å²) in [4.78, 5) is 11.9. The number of nitrogens with zero attached hydrogens (tertiary/aromatic N) is 2. The van der Waals surface area contributed by atoms with E-state index in [2.05, 4.69) is 21.4 Å². The fraction of sp³-hybridized carbons (Fsp3) is 0.500. The maximum atomic E-state index is 11.9. The molecule has 4 heteroatoms. The molecule has 0 aliphatic rings. The summed E-state index contributed by atoms with van der Waals surface area (Å²) in [7, 11) is 0. The lowest BCUT2D eigenvalue weighted by atomic mass is 9.92. The molecular formula is C14H19N3O. The first-order chi connectivity index (χ1) is 8.15. The molecule has 0 aliphatic heterocycles. The second-order valence-electron chi connectivity index (χ2n) is 5.78. The Labute approximate surface area is 108 Å². The fourth-order valence-corrected chi connectivity index (χ4v) is 1.24. The molecule has 1 N–H and O–H groups in total. The number of aromatic nitrogens is 2. The van der Waals surface area contributed by atoms with Gasteiger partial charge in [-0.05, 0) is 26.0 Å². The van der Waals surface area contributed by atoms with Gasteiger partial charge < -0.3 is 5.32 Å². The summed E-state index contributed by atoms with van der Waals surface area (Å²) in [6.45, 7) is 9.62. The van der Waals surface area contributed by atoms with Crippen LogP contribution in [0.2, 0.25) is 0 Å². The van der Waals surface area contributed by atoms with Crippen molar-refractivity contribution in [3.63, 3.8) is 0 Å². The fourth-order valence-electron chi connectivity index (χ4n) is 1.24. The van der Waals surface area contributed by atoms with E-state index in [1.165, 1.54) is 0 Å². The van der Waals surface area contributed by atoms with Gasteiger partial charge >= 0.3 is 0 Å². The molecule has 1 aromatic heterocycles. The molecule has 1 aromatic rings. The van der Waals surface area contributed by atoms with Crippen LogP contribution >= 0.6 is 0 Å². The van der Waals surface area contributed by atoms with Crippen molar-refractivity contribution in [3.05, 3.63) is 23.5 Å². The van der Waals surface area contributed by atoms with Gasteiger partial charge in [0.25, 0.3) is 5.91 Å². The Morgan fingerprint density at radius 2 is 1.83 bits per heavy atom. The highest BCUT2D eigenvalue weighted by molar-refractivity contribution is 5.92. The number of terminal acetylenes is 1. The van der Waals surface area contributed by atoms with Gasteiger partial charge in [0, 0.05) is 5.41 Å². The van der Waals surface area contributed by atoms with Crippen LogP contribution in [0, 0.1) is 12.3 Å². The Hall–Kier alpha value is -1.89. The van der Waals surface area contributed by atoms with Gasteiger partial charge in [-0.3, -0.25) is 4.79 Å². The summed E-state index contributed by atoms with van der Waals surface area (Å²) in [5.74, 6) is 2.18. The lowest BCUT2D eigenvalue weighted by molar-refractivity contribution is 0.0923. The third kappa shape index (κ3) is 3.56. The van der Waals surface area contributed by atoms with E-state index in [1.54, 1.807) is 19.9 Å². The van der Waals surface area contributed by atoms with Crippen LogP contribution in [0.4, 0.5) is 0 Å². The van der Waals surface area contributed by atoms with Gasteiger partial charge in [-0.1, -0.05) is 26.7 Å². The third-order valence-electron chi connectivity index (χ3n) is 2.45. The number of nitrogens with one attached hydrogen (secondary N) is 1. The van der Waals surface area contributed by atoms with Crippen molar-refractivity contribution in [1.82, 2.24) is 15.5 Å². The molecule has 0 aromatic carbocycles. The van der Waals surface area contributed by atoms with E-state index in [0.29, 0.717) is 0 Å². The quantitative estimate of drug-likeness (QED) is 0.810. The molecule has 4 nitrogen and oxygen atoms in total. The minimum atomic E-state index is -0.693. The molecule has 18 heavy (non-hydrogen) atoms. The van der Waals surface area contributed by atoms with Crippen molar-refractivity contribution >= 4 is 5.91 Å². The lowest BCUT2D eigenvalue weighted by Gasteiger charge is -2.20. The predicted molar refractivity (Wildman–Crippen MR) is 71.1 cm³/mol. The number of rotatable bonds is 2. The van der Waals surface area contributed by atoms with Crippen LogP contribution in [-0.4, -0.2) is 21.6 Å². The average molecular weight is 245 g/mol. The summed E-state index contributed by atoms with van der Waals surface area (Å²) < 4.78 is 0. The monoisotopic (exact) mass is 245 g/mol. The second kappa shape index (κ2) is 4.77. The van der Waals surface area contributed by atoms with Crippen molar-refractivity contribution in [2.45, 2.75) is 45.6 Å². The minimum absolute atomic E-state index is 0.0832. The van der Waals surface area contributed by atoms with Gasteiger partial charge in [0.05, 0.1) is 11.2 Å². The number of carbonyl (C=O) groups is 1. The molecule has 0 saturated heterocycles. The number of hydrogen-bond donors (Lipinski definition) is 1. The molecule has 0 spiro atoms. The molecule has 1 rings (SSSR count). The molecule has 0 radical (unpaired) electrons. The van der Waals surface area contributed by atoms with Gasteiger partial charge in [-0.15, -0.1) is 11.5 Å². The highest BCUT2D eigenvalue weighted by Gasteiger charge is 2.21. The van der Waals surface area contributed by atoms with Crippen LogP contribution in [-0.2, 0) is 5.41 Å². The predicted octanol–water partition coefficient (Wildman–Crippen LogP) is 1.92. The minimum Gasteiger partial charge on any atom is -0.335 e. The Morgan fingerprint density at radius 1 is 1.22 bits per heavy atom. The normalized spacial score (nSPS) is 11.8. The second-order valence-corrected chi connectivity index (χ2v) is 5.78. The van der Waals surface area contributed by atoms with Crippen LogP contribution in [0.1, 0.15) is 50.8 Å². The summed E-state index contributed by atoms with van der Waals surface area (Å²) in [5, 5.41) is 10.7. The molecule has 0 saturated carbocycles. The topological polar surface area (TPSA) is 54.9 Å². The van der Waals surface area contributed by atoms with Gasteiger partial charge in [0.15, 0.2) is 5.69 Å². The number of carbonyl (C=O) groups excluding carboxylic acids is 1. The number of hydrogen-bond acceptors (Lipinski definition) is 3. The van der Waals surface area contributed by atoms with Crippen molar-refractivity contribution < 1.29 is 4.79 Å². The van der Waals surface area contributed by atoms with E-state index in [1.807, 2.05) is 26.8 Å². The van der Waals surface area contributed by atoms with Crippen molar-refractivity contribution in [1.29, 1.82) is 0 Å². The maximum Gasteiger partial charge on any atom is 0.272 e. The molecule has 0 aliphatic carbocycles. The van der Waals surface area contributed by atoms with E-state index in [0.717, 1.165) is 5.69 Å². The van der Waals surface area contributed by atoms with Gasteiger partial charge in [-0.2, -0.15) is 5.10 Å². The first-order valence-corrected chi connectivity index (χ1v) is 5.80. The van der Waals surface area contributed by atoms with Crippen LogP contribution in [0.3, 0.4) is 0 Å². The first kappa shape index (κ1) is 14.2. The molecule has 0 unspecified atom stereocenters. The average Bonchev–Trinajstić information content (AvgIpc) is 2.27. The Morgan fingerprint density at radius 3 is 2.22 bits per heavy atom. The SMILES string of the molecule is C#CC(C)(C)NC(=O)c1ccc(C(C)(C)C)nn1.